The highest BCUT2D eigenvalue weighted by atomic mass is 16.3. The highest BCUT2D eigenvalue weighted by Gasteiger charge is 2.34. The van der Waals surface area contributed by atoms with Crippen molar-refractivity contribution in [3.8, 4) is 0 Å². The third-order valence-electron chi connectivity index (χ3n) is 3.82. The maximum atomic E-state index is 10.6. The smallest absolute Gasteiger partial charge is 0.123 e. The Morgan fingerprint density at radius 3 is 2.46 bits per heavy atom. The number of carbonyl (C=O) groups excluding carboxylic acids is 1. The molecule has 74 valence electrons. The lowest BCUT2D eigenvalue weighted by atomic mass is 9.67. The van der Waals surface area contributed by atoms with Crippen molar-refractivity contribution in [1.29, 1.82) is 0 Å². The van der Waals surface area contributed by atoms with Crippen LogP contribution in [0.3, 0.4) is 0 Å². The van der Waals surface area contributed by atoms with Crippen LogP contribution in [0.4, 0.5) is 0 Å². The van der Waals surface area contributed by atoms with Crippen LogP contribution in [0.15, 0.2) is 0 Å². The second-order valence-corrected chi connectivity index (χ2v) is 4.70. The third kappa shape index (κ3) is 1.93. The molecule has 4 atom stereocenters. The van der Waals surface area contributed by atoms with E-state index < -0.39 is 0 Å². The molecule has 2 rings (SSSR count). The van der Waals surface area contributed by atoms with Gasteiger partial charge in [-0.1, -0.05) is 0 Å². The topological polar surface area (TPSA) is 37.3 Å². The quantitative estimate of drug-likeness (QED) is 0.627. The number of fused-ring (bicyclic) bond motifs is 1. The molecule has 2 saturated carbocycles. The van der Waals surface area contributed by atoms with Gasteiger partial charge in [0.2, 0.25) is 0 Å². The fourth-order valence-electron chi connectivity index (χ4n) is 3.02. The molecule has 0 aromatic heterocycles. The van der Waals surface area contributed by atoms with E-state index in [2.05, 4.69) is 0 Å². The van der Waals surface area contributed by atoms with Gasteiger partial charge in [0, 0.05) is 5.92 Å². The van der Waals surface area contributed by atoms with Crippen molar-refractivity contribution in [2.24, 2.45) is 17.8 Å². The molecule has 2 heteroatoms. The molecule has 0 amide bonds. The SMILES string of the molecule is O=CC1CCC2CC(O)CCC2C1. The summed E-state index contributed by atoms with van der Waals surface area (Å²) in [6.45, 7) is 0. The monoisotopic (exact) mass is 182 g/mol. The van der Waals surface area contributed by atoms with Crippen LogP contribution >= 0.6 is 0 Å². The molecule has 0 aromatic carbocycles. The molecule has 0 heterocycles. The Morgan fingerprint density at radius 2 is 1.69 bits per heavy atom. The minimum atomic E-state index is -0.0611. The molecule has 0 saturated heterocycles. The fourth-order valence-corrected chi connectivity index (χ4v) is 3.02. The summed E-state index contributed by atoms with van der Waals surface area (Å²) in [5.74, 6) is 1.75. The molecule has 2 aliphatic rings. The summed E-state index contributed by atoms with van der Waals surface area (Å²) in [4.78, 5) is 10.6. The Labute approximate surface area is 79.3 Å². The fraction of sp³-hybridized carbons (Fsp3) is 0.909. The summed E-state index contributed by atoms with van der Waals surface area (Å²) in [7, 11) is 0. The van der Waals surface area contributed by atoms with E-state index in [0.717, 1.165) is 50.7 Å². The average molecular weight is 182 g/mol. The van der Waals surface area contributed by atoms with E-state index >= 15 is 0 Å². The summed E-state index contributed by atoms with van der Waals surface area (Å²) in [6, 6.07) is 0. The van der Waals surface area contributed by atoms with Crippen LogP contribution in [0.5, 0.6) is 0 Å². The van der Waals surface area contributed by atoms with Crippen LogP contribution in [0.25, 0.3) is 0 Å². The van der Waals surface area contributed by atoms with Gasteiger partial charge in [-0.05, 0) is 50.4 Å². The van der Waals surface area contributed by atoms with Crippen molar-refractivity contribution < 1.29 is 9.90 Å². The predicted molar refractivity (Wildman–Crippen MR) is 50.2 cm³/mol. The molecular weight excluding hydrogens is 164 g/mol. The zero-order valence-electron chi connectivity index (χ0n) is 7.98. The summed E-state index contributed by atoms with van der Waals surface area (Å²) in [5.41, 5.74) is 0. The van der Waals surface area contributed by atoms with Gasteiger partial charge in [-0.2, -0.15) is 0 Å². The van der Waals surface area contributed by atoms with Gasteiger partial charge in [-0.25, -0.2) is 0 Å². The van der Waals surface area contributed by atoms with Gasteiger partial charge >= 0.3 is 0 Å². The Morgan fingerprint density at radius 1 is 1.00 bits per heavy atom. The maximum Gasteiger partial charge on any atom is 0.123 e. The standard InChI is InChI=1S/C11H18O2/c12-7-8-1-2-10-6-11(13)4-3-9(10)5-8/h7-11,13H,1-6H2. The number of aliphatic hydroxyl groups excluding tert-OH is 1. The maximum absolute atomic E-state index is 10.6. The van der Waals surface area contributed by atoms with Gasteiger partial charge in [0.25, 0.3) is 0 Å². The van der Waals surface area contributed by atoms with E-state index in [0.29, 0.717) is 11.8 Å². The number of hydrogen-bond donors (Lipinski definition) is 1. The highest BCUT2D eigenvalue weighted by Crippen LogP contribution is 2.42. The highest BCUT2D eigenvalue weighted by molar-refractivity contribution is 5.53. The lowest BCUT2D eigenvalue weighted by Gasteiger charge is -2.39. The second-order valence-electron chi connectivity index (χ2n) is 4.70. The molecule has 0 aromatic rings. The third-order valence-corrected chi connectivity index (χ3v) is 3.82. The first kappa shape index (κ1) is 9.20. The van der Waals surface area contributed by atoms with Crippen LogP contribution in [-0.2, 0) is 4.79 Å². The van der Waals surface area contributed by atoms with Gasteiger partial charge in [0.15, 0.2) is 0 Å². The number of hydrogen-bond acceptors (Lipinski definition) is 2. The van der Waals surface area contributed by atoms with E-state index in [9.17, 15) is 9.90 Å². The molecule has 0 bridgehead atoms. The molecule has 0 radical (unpaired) electrons. The Hall–Kier alpha value is -0.370. The van der Waals surface area contributed by atoms with Crippen molar-refractivity contribution >= 4 is 6.29 Å². The van der Waals surface area contributed by atoms with Crippen LogP contribution in [-0.4, -0.2) is 17.5 Å². The molecule has 2 fully saturated rings. The first-order valence-corrected chi connectivity index (χ1v) is 5.43. The van der Waals surface area contributed by atoms with E-state index in [1.165, 1.54) is 0 Å². The van der Waals surface area contributed by atoms with Crippen molar-refractivity contribution in [2.45, 2.75) is 44.6 Å². The lowest BCUT2D eigenvalue weighted by Crippen LogP contribution is -2.33. The summed E-state index contributed by atoms with van der Waals surface area (Å²) >= 11 is 0. The zero-order valence-corrected chi connectivity index (χ0v) is 7.98. The molecule has 2 nitrogen and oxygen atoms in total. The summed E-state index contributed by atoms with van der Waals surface area (Å²) < 4.78 is 0. The minimum absolute atomic E-state index is 0.0611. The molecule has 4 unspecified atom stereocenters. The van der Waals surface area contributed by atoms with Crippen molar-refractivity contribution in [1.82, 2.24) is 0 Å². The van der Waals surface area contributed by atoms with E-state index in [1.807, 2.05) is 0 Å². The molecule has 1 N–H and O–H groups in total. The van der Waals surface area contributed by atoms with E-state index in [4.69, 9.17) is 0 Å². The number of aldehydes is 1. The van der Waals surface area contributed by atoms with Crippen LogP contribution < -0.4 is 0 Å². The largest absolute Gasteiger partial charge is 0.393 e. The van der Waals surface area contributed by atoms with Crippen LogP contribution in [0, 0.1) is 17.8 Å². The Bertz CT molecular complexity index is 191. The summed E-state index contributed by atoms with van der Waals surface area (Å²) in [6.07, 6.45) is 7.43. The first-order chi connectivity index (χ1) is 6.29. The normalized spacial score (nSPS) is 45.3. The average Bonchev–Trinajstić information content (AvgIpc) is 2.17. The Balaban J connectivity index is 1.94. The molecule has 2 aliphatic carbocycles. The lowest BCUT2D eigenvalue weighted by molar-refractivity contribution is -0.113. The van der Waals surface area contributed by atoms with Gasteiger partial charge < -0.3 is 9.90 Å². The number of aliphatic hydroxyl groups is 1. The van der Waals surface area contributed by atoms with Crippen LogP contribution in [0.1, 0.15) is 38.5 Å². The zero-order chi connectivity index (χ0) is 9.26. The van der Waals surface area contributed by atoms with Crippen molar-refractivity contribution in [3.63, 3.8) is 0 Å². The molecule has 0 spiro atoms. The molecular formula is C11H18O2. The molecule has 0 aliphatic heterocycles. The predicted octanol–water partition coefficient (Wildman–Crippen LogP) is 1.76. The van der Waals surface area contributed by atoms with Crippen molar-refractivity contribution in [2.75, 3.05) is 0 Å². The van der Waals surface area contributed by atoms with Gasteiger partial charge in [-0.3, -0.25) is 0 Å². The van der Waals surface area contributed by atoms with Crippen molar-refractivity contribution in [3.05, 3.63) is 0 Å². The van der Waals surface area contributed by atoms with E-state index in [-0.39, 0.29) is 6.10 Å². The Kier molecular flexibility index (Phi) is 2.68. The number of rotatable bonds is 1. The van der Waals surface area contributed by atoms with Gasteiger partial charge in [0.05, 0.1) is 6.10 Å². The van der Waals surface area contributed by atoms with Gasteiger partial charge in [-0.15, -0.1) is 0 Å². The molecule has 13 heavy (non-hydrogen) atoms. The minimum Gasteiger partial charge on any atom is -0.393 e. The first-order valence-electron chi connectivity index (χ1n) is 5.43. The summed E-state index contributed by atoms with van der Waals surface area (Å²) in [5, 5.41) is 9.50. The van der Waals surface area contributed by atoms with Gasteiger partial charge in [0.1, 0.15) is 6.29 Å². The van der Waals surface area contributed by atoms with E-state index in [1.54, 1.807) is 0 Å². The van der Waals surface area contributed by atoms with Crippen LogP contribution in [0.2, 0.25) is 0 Å². The second kappa shape index (κ2) is 3.79. The number of carbonyl (C=O) groups is 1.